The largest absolute Gasteiger partial charge is 0.454 e. The lowest BCUT2D eigenvalue weighted by atomic mass is 10.0. The maximum atomic E-state index is 6.96. The molecule has 6 nitrogen and oxygen atoms in total. The second kappa shape index (κ2) is 12.4. The van der Waals surface area contributed by atoms with E-state index in [1.807, 2.05) is 36.4 Å². The molecule has 4 heterocycles. The van der Waals surface area contributed by atoms with E-state index in [9.17, 15) is 0 Å². The van der Waals surface area contributed by atoms with Crippen molar-refractivity contribution in [2.24, 2.45) is 9.98 Å². The van der Waals surface area contributed by atoms with Crippen molar-refractivity contribution in [3.8, 4) is 11.4 Å². The molecule has 3 aromatic heterocycles. The summed E-state index contributed by atoms with van der Waals surface area (Å²) < 4.78 is 11.7. The first kappa shape index (κ1) is 31.6. The maximum absolute atomic E-state index is 6.96. The Morgan fingerprint density at radius 1 is 0.474 bits per heavy atom. The molecule has 11 aromatic rings. The van der Waals surface area contributed by atoms with Gasteiger partial charge in [0, 0.05) is 54.7 Å². The summed E-state index contributed by atoms with van der Waals surface area (Å²) in [6.45, 7) is 0. The molecule has 268 valence electrons. The van der Waals surface area contributed by atoms with Gasteiger partial charge in [-0.15, -0.1) is 0 Å². The number of benzene rings is 8. The molecule has 1 atom stereocenters. The molecule has 0 bridgehead atoms. The van der Waals surface area contributed by atoms with Crippen molar-refractivity contribution in [3.63, 3.8) is 0 Å². The number of amidine groups is 2. The number of hydrogen-bond acceptors (Lipinski definition) is 4. The van der Waals surface area contributed by atoms with Gasteiger partial charge in [0.05, 0.1) is 27.8 Å². The average Bonchev–Trinajstić information content (AvgIpc) is 3.94. The quantitative estimate of drug-likeness (QED) is 0.192. The minimum Gasteiger partial charge on any atom is -0.454 e. The average molecular weight is 732 g/mol. The summed E-state index contributed by atoms with van der Waals surface area (Å²) in [5.41, 5.74) is 11.3. The second-order valence-corrected chi connectivity index (χ2v) is 14.6. The van der Waals surface area contributed by atoms with Gasteiger partial charge >= 0.3 is 0 Å². The van der Waals surface area contributed by atoms with Crippen LogP contribution in [-0.2, 0) is 0 Å². The third-order valence-electron chi connectivity index (χ3n) is 11.4. The van der Waals surface area contributed by atoms with E-state index < -0.39 is 6.17 Å². The van der Waals surface area contributed by atoms with Crippen LogP contribution in [0.15, 0.2) is 202 Å². The van der Waals surface area contributed by atoms with Crippen LogP contribution in [0, 0.1) is 0 Å². The van der Waals surface area contributed by atoms with Gasteiger partial charge in [0.2, 0.25) is 0 Å². The molecule has 0 aliphatic carbocycles. The van der Waals surface area contributed by atoms with Crippen molar-refractivity contribution in [3.05, 3.63) is 205 Å². The van der Waals surface area contributed by atoms with E-state index in [1.54, 1.807) is 0 Å². The summed E-state index contributed by atoms with van der Waals surface area (Å²) in [7, 11) is 0. The van der Waals surface area contributed by atoms with E-state index in [0.29, 0.717) is 5.84 Å². The first-order chi connectivity index (χ1) is 28.3. The van der Waals surface area contributed by atoms with Gasteiger partial charge in [-0.2, -0.15) is 0 Å². The molecule has 0 saturated carbocycles. The van der Waals surface area contributed by atoms with Crippen LogP contribution in [0.2, 0.25) is 0 Å². The number of para-hydroxylation sites is 4. The predicted molar refractivity (Wildman–Crippen MR) is 234 cm³/mol. The molecule has 12 rings (SSSR count). The van der Waals surface area contributed by atoms with Crippen LogP contribution in [0.4, 0.5) is 0 Å². The van der Waals surface area contributed by atoms with Gasteiger partial charge in [-0.3, -0.25) is 0 Å². The van der Waals surface area contributed by atoms with Gasteiger partial charge in [0.15, 0.2) is 11.4 Å². The highest BCUT2D eigenvalue weighted by Crippen LogP contribution is 2.43. The Morgan fingerprint density at radius 3 is 1.81 bits per heavy atom. The van der Waals surface area contributed by atoms with Gasteiger partial charge in [0.25, 0.3) is 0 Å². The van der Waals surface area contributed by atoms with E-state index in [-0.39, 0.29) is 0 Å². The van der Waals surface area contributed by atoms with Crippen LogP contribution in [0.25, 0.3) is 76.9 Å². The Labute approximate surface area is 327 Å². The van der Waals surface area contributed by atoms with Crippen molar-refractivity contribution in [1.82, 2.24) is 14.5 Å². The number of furan rings is 1. The Bertz CT molecular complexity index is 3430. The summed E-state index contributed by atoms with van der Waals surface area (Å²) in [5, 5.41) is 10.6. The summed E-state index contributed by atoms with van der Waals surface area (Å²) in [4.78, 5) is 10.3. The third kappa shape index (κ3) is 4.84. The number of hydrogen-bond donors (Lipinski definition) is 1. The number of nitrogens with zero attached hydrogens (tertiary/aromatic N) is 4. The van der Waals surface area contributed by atoms with Crippen molar-refractivity contribution < 1.29 is 4.42 Å². The highest BCUT2D eigenvalue weighted by molar-refractivity contribution is 6.20. The Balaban J connectivity index is 1.10. The lowest BCUT2D eigenvalue weighted by Gasteiger charge is -2.24. The van der Waals surface area contributed by atoms with Crippen molar-refractivity contribution >= 4 is 77.2 Å². The molecule has 0 saturated heterocycles. The Morgan fingerprint density at radius 2 is 1.07 bits per heavy atom. The van der Waals surface area contributed by atoms with Crippen molar-refractivity contribution in [2.45, 2.75) is 6.17 Å². The standard InChI is InChI=1S/C51H33N5O/c1-4-16-32(17-5-1)49-52-50(33-18-6-2-7-19-33)54-51(53-49)38-25-15-29-46-47(38)37-24-14-28-43(48(37)57-46)56-42-27-13-11-23-36(42)40-30-39-35-22-10-12-26-41(35)55(44(39)31-45(40)56)34-20-8-3-9-21-34/h1-31,51H,(H,52,53,54). The zero-order valence-electron chi connectivity index (χ0n) is 30.7. The van der Waals surface area contributed by atoms with Crippen molar-refractivity contribution in [2.75, 3.05) is 0 Å². The zero-order valence-corrected chi connectivity index (χ0v) is 30.7. The molecule has 6 heteroatoms. The van der Waals surface area contributed by atoms with E-state index in [0.717, 1.165) is 72.4 Å². The first-order valence-corrected chi connectivity index (χ1v) is 19.3. The molecule has 8 aromatic carbocycles. The molecule has 0 amide bonds. The van der Waals surface area contributed by atoms with Crippen LogP contribution in [0.3, 0.4) is 0 Å². The summed E-state index contributed by atoms with van der Waals surface area (Å²) in [5.74, 6) is 1.47. The fourth-order valence-electron chi connectivity index (χ4n) is 8.88. The fraction of sp³-hybridized carbons (Fsp3) is 0.0196. The van der Waals surface area contributed by atoms with E-state index >= 15 is 0 Å². The molecule has 0 radical (unpaired) electrons. The van der Waals surface area contributed by atoms with Gasteiger partial charge in [-0.1, -0.05) is 140 Å². The Hall–Kier alpha value is -7.70. The second-order valence-electron chi connectivity index (χ2n) is 14.6. The van der Waals surface area contributed by atoms with Gasteiger partial charge in [0.1, 0.15) is 17.6 Å². The van der Waals surface area contributed by atoms with Crippen LogP contribution >= 0.6 is 0 Å². The number of rotatable bonds is 5. The maximum Gasteiger partial charge on any atom is 0.159 e. The lowest BCUT2D eigenvalue weighted by molar-refractivity contribution is 0.660. The van der Waals surface area contributed by atoms with Gasteiger partial charge in [-0.05, 0) is 48.5 Å². The van der Waals surface area contributed by atoms with Crippen LogP contribution in [-0.4, -0.2) is 20.8 Å². The van der Waals surface area contributed by atoms with E-state index in [1.165, 1.54) is 27.1 Å². The zero-order chi connectivity index (χ0) is 37.5. The SMILES string of the molecule is c1ccc(C2=NC(c3cccc4oc5c(-n6c7ccccc7c7cc8c9ccccc9n(-c9ccccc9)c8cc76)cccc5c34)NC(c3ccccc3)=N2)cc1. The van der Waals surface area contributed by atoms with Crippen LogP contribution in [0.5, 0.6) is 0 Å². The molecule has 57 heavy (non-hydrogen) atoms. The number of nitrogens with one attached hydrogen (secondary N) is 1. The third-order valence-corrected chi connectivity index (χ3v) is 11.4. The smallest absolute Gasteiger partial charge is 0.159 e. The predicted octanol–water partition coefficient (Wildman–Crippen LogP) is 12.3. The summed E-state index contributed by atoms with van der Waals surface area (Å²) in [6, 6.07) is 66.0. The molecular formula is C51H33N5O. The van der Waals surface area contributed by atoms with E-state index in [2.05, 4.69) is 166 Å². The van der Waals surface area contributed by atoms with Crippen LogP contribution in [0.1, 0.15) is 22.9 Å². The van der Waals surface area contributed by atoms with Crippen LogP contribution < -0.4 is 5.32 Å². The minimum atomic E-state index is -0.400. The number of aliphatic imine (C=N–C) groups is 2. The fourth-order valence-corrected chi connectivity index (χ4v) is 8.88. The molecule has 0 fully saturated rings. The topological polar surface area (TPSA) is 59.8 Å². The highest BCUT2D eigenvalue weighted by Gasteiger charge is 2.26. The highest BCUT2D eigenvalue weighted by atomic mass is 16.3. The lowest BCUT2D eigenvalue weighted by Crippen LogP contribution is -2.33. The molecule has 0 spiro atoms. The monoisotopic (exact) mass is 731 g/mol. The molecule has 1 unspecified atom stereocenters. The number of fused-ring (bicyclic) bond motifs is 9. The van der Waals surface area contributed by atoms with Gasteiger partial charge in [-0.25, -0.2) is 9.98 Å². The summed E-state index contributed by atoms with van der Waals surface area (Å²) >= 11 is 0. The molecule has 1 aliphatic heterocycles. The van der Waals surface area contributed by atoms with Gasteiger partial charge < -0.3 is 18.9 Å². The normalized spacial score (nSPS) is 14.5. The molecule has 1 N–H and O–H groups in total. The van der Waals surface area contributed by atoms with Crippen molar-refractivity contribution in [1.29, 1.82) is 0 Å². The molecular weight excluding hydrogens is 699 g/mol. The Kier molecular flexibility index (Phi) is 6.89. The summed E-state index contributed by atoms with van der Waals surface area (Å²) in [6.07, 6.45) is -0.400. The minimum absolute atomic E-state index is 0.400. The first-order valence-electron chi connectivity index (χ1n) is 19.3. The van der Waals surface area contributed by atoms with E-state index in [4.69, 9.17) is 14.4 Å². The number of aromatic nitrogens is 2. The molecule has 1 aliphatic rings.